The molecular formula is C13H18N2O3. The van der Waals surface area contributed by atoms with Gasteiger partial charge in [-0.2, -0.15) is 0 Å². The van der Waals surface area contributed by atoms with Crippen LogP contribution in [0.5, 0.6) is 5.75 Å². The Bertz CT molecular complexity index is 428. The lowest BCUT2D eigenvalue weighted by atomic mass is 10.1. The monoisotopic (exact) mass is 250 g/mol. The van der Waals surface area contributed by atoms with E-state index in [0.29, 0.717) is 12.2 Å². The Kier molecular flexibility index (Phi) is 4.17. The van der Waals surface area contributed by atoms with Gasteiger partial charge in [-0.05, 0) is 6.07 Å². The molecule has 2 N–H and O–H groups in total. The Morgan fingerprint density at radius 1 is 1.44 bits per heavy atom. The van der Waals surface area contributed by atoms with E-state index in [1.807, 2.05) is 6.07 Å². The third kappa shape index (κ3) is 3.45. The molecule has 0 aliphatic carbocycles. The molecule has 5 nitrogen and oxygen atoms in total. The number of amides is 1. The predicted octanol–water partition coefficient (Wildman–Crippen LogP) is 1.18. The van der Waals surface area contributed by atoms with Crippen LogP contribution >= 0.6 is 0 Å². The smallest absolute Gasteiger partial charge is 0.221 e. The molecule has 1 heterocycles. The minimum absolute atomic E-state index is 0.143. The molecule has 2 rings (SSSR count). The molecular weight excluding hydrogens is 232 g/mol. The fourth-order valence-electron chi connectivity index (χ4n) is 1.98. The van der Waals surface area contributed by atoms with Crippen molar-refractivity contribution in [3.8, 4) is 5.75 Å². The number of rotatable bonds is 3. The maximum absolute atomic E-state index is 10.9. The Morgan fingerprint density at radius 3 is 2.78 bits per heavy atom. The van der Waals surface area contributed by atoms with E-state index in [1.54, 1.807) is 12.1 Å². The van der Waals surface area contributed by atoms with Crippen LogP contribution in [-0.4, -0.2) is 42.2 Å². The van der Waals surface area contributed by atoms with Crippen LogP contribution in [0, 0.1) is 0 Å². The molecule has 0 unspecified atom stereocenters. The minimum atomic E-state index is -0.143. The van der Waals surface area contributed by atoms with Gasteiger partial charge in [0.15, 0.2) is 0 Å². The van der Waals surface area contributed by atoms with Crippen LogP contribution in [-0.2, 0) is 16.1 Å². The summed E-state index contributed by atoms with van der Waals surface area (Å²) >= 11 is 0. The molecule has 1 saturated heterocycles. The van der Waals surface area contributed by atoms with Crippen LogP contribution in [0.2, 0.25) is 0 Å². The summed E-state index contributed by atoms with van der Waals surface area (Å²) in [5.74, 6) is 0.0723. The number of benzene rings is 1. The third-order valence-electron chi connectivity index (χ3n) is 2.90. The third-order valence-corrected chi connectivity index (χ3v) is 2.90. The predicted molar refractivity (Wildman–Crippen MR) is 68.5 cm³/mol. The summed E-state index contributed by atoms with van der Waals surface area (Å²) < 4.78 is 5.28. The van der Waals surface area contributed by atoms with E-state index in [9.17, 15) is 9.90 Å². The highest BCUT2D eigenvalue weighted by Crippen LogP contribution is 2.23. The number of hydrogen-bond donors (Lipinski definition) is 2. The average Bonchev–Trinajstić information content (AvgIpc) is 2.33. The number of phenols is 1. The molecule has 0 saturated carbocycles. The summed E-state index contributed by atoms with van der Waals surface area (Å²) in [6.45, 7) is 5.39. The maximum Gasteiger partial charge on any atom is 0.221 e. The topological polar surface area (TPSA) is 61.8 Å². The van der Waals surface area contributed by atoms with Gasteiger partial charge in [0.25, 0.3) is 0 Å². The van der Waals surface area contributed by atoms with Crippen LogP contribution in [0.25, 0.3) is 0 Å². The summed E-state index contributed by atoms with van der Waals surface area (Å²) in [7, 11) is 0. The van der Waals surface area contributed by atoms with Crippen molar-refractivity contribution in [1.82, 2.24) is 4.90 Å². The van der Waals surface area contributed by atoms with E-state index in [-0.39, 0.29) is 11.7 Å². The van der Waals surface area contributed by atoms with Gasteiger partial charge in [-0.1, -0.05) is 6.07 Å². The van der Waals surface area contributed by atoms with Crippen molar-refractivity contribution in [3.63, 3.8) is 0 Å². The van der Waals surface area contributed by atoms with E-state index >= 15 is 0 Å². The van der Waals surface area contributed by atoms with E-state index in [2.05, 4.69) is 10.2 Å². The first-order valence-corrected chi connectivity index (χ1v) is 6.05. The lowest BCUT2D eigenvalue weighted by molar-refractivity contribution is -0.114. The van der Waals surface area contributed by atoms with Crippen LogP contribution in [0.1, 0.15) is 12.5 Å². The summed E-state index contributed by atoms with van der Waals surface area (Å²) in [6.07, 6.45) is 0. The van der Waals surface area contributed by atoms with Gasteiger partial charge >= 0.3 is 0 Å². The molecule has 1 aromatic carbocycles. The highest BCUT2D eigenvalue weighted by molar-refractivity contribution is 5.88. The van der Waals surface area contributed by atoms with E-state index in [4.69, 9.17) is 4.74 Å². The Morgan fingerprint density at radius 2 is 2.17 bits per heavy atom. The second-order valence-corrected chi connectivity index (χ2v) is 4.41. The van der Waals surface area contributed by atoms with Crippen LogP contribution in [0.4, 0.5) is 5.69 Å². The van der Waals surface area contributed by atoms with Gasteiger partial charge in [0.2, 0.25) is 5.91 Å². The molecule has 18 heavy (non-hydrogen) atoms. The fraction of sp³-hybridized carbons (Fsp3) is 0.462. The van der Waals surface area contributed by atoms with Gasteiger partial charge in [-0.15, -0.1) is 0 Å². The van der Waals surface area contributed by atoms with Gasteiger partial charge in [0, 0.05) is 43.9 Å². The molecule has 1 aliphatic heterocycles. The van der Waals surface area contributed by atoms with Crippen molar-refractivity contribution in [2.24, 2.45) is 0 Å². The first-order valence-electron chi connectivity index (χ1n) is 6.05. The van der Waals surface area contributed by atoms with E-state index < -0.39 is 0 Å². The summed E-state index contributed by atoms with van der Waals surface area (Å²) in [4.78, 5) is 13.1. The molecule has 98 valence electrons. The standard InChI is InChI=1S/C13H18N2O3/c1-10(16)14-12-3-2-11(13(17)8-12)9-15-4-6-18-7-5-15/h2-3,8,17H,4-7,9H2,1H3,(H,14,16). The van der Waals surface area contributed by atoms with E-state index in [0.717, 1.165) is 31.9 Å². The molecule has 5 heteroatoms. The molecule has 0 spiro atoms. The number of anilines is 1. The van der Waals surface area contributed by atoms with Crippen LogP contribution in [0.15, 0.2) is 18.2 Å². The van der Waals surface area contributed by atoms with Gasteiger partial charge in [-0.25, -0.2) is 0 Å². The summed E-state index contributed by atoms with van der Waals surface area (Å²) in [5.41, 5.74) is 1.48. The maximum atomic E-state index is 10.9. The van der Waals surface area contributed by atoms with Crippen molar-refractivity contribution in [1.29, 1.82) is 0 Å². The zero-order valence-corrected chi connectivity index (χ0v) is 10.5. The molecule has 0 radical (unpaired) electrons. The highest BCUT2D eigenvalue weighted by atomic mass is 16.5. The van der Waals surface area contributed by atoms with E-state index in [1.165, 1.54) is 6.92 Å². The summed E-state index contributed by atoms with van der Waals surface area (Å²) in [5, 5.41) is 12.6. The number of hydrogen-bond acceptors (Lipinski definition) is 4. The van der Waals surface area contributed by atoms with Crippen LogP contribution in [0.3, 0.4) is 0 Å². The Balaban J connectivity index is 2.02. The largest absolute Gasteiger partial charge is 0.508 e. The molecule has 1 aliphatic rings. The first kappa shape index (κ1) is 12.9. The van der Waals surface area contributed by atoms with Crippen molar-refractivity contribution in [2.45, 2.75) is 13.5 Å². The SMILES string of the molecule is CC(=O)Nc1ccc(CN2CCOCC2)c(O)c1. The quantitative estimate of drug-likeness (QED) is 0.845. The van der Waals surface area contributed by atoms with Gasteiger partial charge in [-0.3, -0.25) is 9.69 Å². The van der Waals surface area contributed by atoms with Gasteiger partial charge in [0.05, 0.1) is 13.2 Å². The molecule has 1 amide bonds. The number of nitrogens with zero attached hydrogens (tertiary/aromatic N) is 1. The van der Waals surface area contributed by atoms with Crippen molar-refractivity contribution >= 4 is 11.6 Å². The van der Waals surface area contributed by atoms with Gasteiger partial charge < -0.3 is 15.2 Å². The van der Waals surface area contributed by atoms with Crippen molar-refractivity contribution in [2.75, 3.05) is 31.6 Å². The second-order valence-electron chi connectivity index (χ2n) is 4.41. The normalized spacial score (nSPS) is 16.5. The Hall–Kier alpha value is -1.59. The fourth-order valence-corrected chi connectivity index (χ4v) is 1.98. The lowest BCUT2D eigenvalue weighted by Crippen LogP contribution is -2.35. The highest BCUT2D eigenvalue weighted by Gasteiger charge is 2.13. The minimum Gasteiger partial charge on any atom is -0.508 e. The number of nitrogens with one attached hydrogen (secondary N) is 1. The number of phenolic OH excluding ortho intramolecular Hbond substituents is 1. The zero-order valence-electron chi connectivity index (χ0n) is 10.5. The molecule has 0 aromatic heterocycles. The number of carbonyl (C=O) groups excluding carboxylic acids is 1. The van der Waals surface area contributed by atoms with Crippen LogP contribution < -0.4 is 5.32 Å². The number of carbonyl (C=O) groups is 1. The zero-order chi connectivity index (χ0) is 13.0. The lowest BCUT2D eigenvalue weighted by Gasteiger charge is -2.26. The molecule has 0 atom stereocenters. The van der Waals surface area contributed by atoms with Crippen molar-refractivity contribution in [3.05, 3.63) is 23.8 Å². The molecule has 0 bridgehead atoms. The van der Waals surface area contributed by atoms with Crippen molar-refractivity contribution < 1.29 is 14.6 Å². The average molecular weight is 250 g/mol. The van der Waals surface area contributed by atoms with Gasteiger partial charge in [0.1, 0.15) is 5.75 Å². The number of aromatic hydroxyl groups is 1. The molecule has 1 aromatic rings. The number of morpholine rings is 1. The first-order chi connectivity index (χ1) is 8.65. The molecule has 1 fully saturated rings. The number of ether oxygens (including phenoxy) is 1. The Labute approximate surface area is 106 Å². The second kappa shape index (κ2) is 5.84. The summed E-state index contributed by atoms with van der Waals surface area (Å²) in [6, 6.07) is 5.23.